The van der Waals surface area contributed by atoms with Crippen molar-refractivity contribution in [3.8, 4) is 0 Å². The van der Waals surface area contributed by atoms with E-state index in [9.17, 15) is 0 Å². The summed E-state index contributed by atoms with van der Waals surface area (Å²) >= 11 is 0. The lowest BCUT2D eigenvalue weighted by atomic mass is 10.2. The molecule has 0 saturated carbocycles. The molecule has 0 amide bonds. The Morgan fingerprint density at radius 1 is 1.38 bits per heavy atom. The number of rotatable bonds is 2. The number of hydrogen-bond acceptors (Lipinski definition) is 2. The highest BCUT2D eigenvalue weighted by atomic mass is 15.4. The zero-order valence-corrected chi connectivity index (χ0v) is 9.94. The molecule has 1 aromatic rings. The predicted molar refractivity (Wildman–Crippen MR) is 69.2 cm³/mol. The second-order valence-electron chi connectivity index (χ2n) is 4.12. The average Bonchev–Trinajstić information content (AvgIpc) is 2.71. The molecule has 1 aromatic carbocycles. The maximum Gasteiger partial charge on any atom is 0.103 e. The van der Waals surface area contributed by atoms with Crippen LogP contribution in [-0.2, 0) is 0 Å². The van der Waals surface area contributed by atoms with Gasteiger partial charge >= 0.3 is 0 Å². The van der Waals surface area contributed by atoms with Gasteiger partial charge in [-0.3, -0.25) is 0 Å². The summed E-state index contributed by atoms with van der Waals surface area (Å²) in [5, 5.41) is 0. The van der Waals surface area contributed by atoms with Gasteiger partial charge in [0.25, 0.3) is 0 Å². The molecule has 0 radical (unpaired) electrons. The Hall–Kier alpha value is -1.44. The molecule has 0 saturated heterocycles. The number of nitrogens with zero attached hydrogens (tertiary/aromatic N) is 2. The highest BCUT2D eigenvalue weighted by molar-refractivity contribution is 5.56. The molecule has 0 N–H and O–H groups in total. The van der Waals surface area contributed by atoms with Crippen LogP contribution in [0.2, 0.25) is 0 Å². The molecular formula is C14H20N2. The Morgan fingerprint density at radius 2 is 2.12 bits per heavy atom. The molecule has 0 aromatic heterocycles. The number of hydrogen-bond donors (Lipinski definition) is 0. The van der Waals surface area contributed by atoms with Crippen LogP contribution in [0.15, 0.2) is 36.7 Å². The first-order chi connectivity index (χ1) is 9.16. The smallest absolute Gasteiger partial charge is 0.103 e. The van der Waals surface area contributed by atoms with E-state index in [0.29, 0.717) is 0 Å². The van der Waals surface area contributed by atoms with E-state index in [4.69, 9.17) is 5.48 Å². The zero-order valence-electron chi connectivity index (χ0n) is 13.9. The first kappa shape index (κ1) is 7.00. The van der Waals surface area contributed by atoms with Gasteiger partial charge in [-0.1, -0.05) is 18.2 Å². The highest BCUT2D eigenvalue weighted by Gasteiger charge is 2.25. The van der Waals surface area contributed by atoms with Gasteiger partial charge in [-0.2, -0.15) is 0 Å². The van der Waals surface area contributed by atoms with Gasteiger partial charge in [0.2, 0.25) is 0 Å². The highest BCUT2D eigenvalue weighted by Crippen LogP contribution is 2.28. The molecular weight excluding hydrogens is 196 g/mol. The molecule has 1 unspecified atom stereocenters. The van der Waals surface area contributed by atoms with E-state index < -0.39 is 12.9 Å². The minimum atomic E-state index is -2.37. The third-order valence-electron chi connectivity index (χ3n) is 2.97. The Labute approximate surface area is 104 Å². The quantitative estimate of drug-likeness (QED) is 0.754. The fourth-order valence-corrected chi connectivity index (χ4v) is 2.05. The van der Waals surface area contributed by atoms with Crippen LogP contribution < -0.4 is 4.90 Å². The molecule has 86 valence electrons. The van der Waals surface area contributed by atoms with Crippen LogP contribution in [0.3, 0.4) is 0 Å². The molecule has 2 heteroatoms. The lowest BCUT2D eigenvalue weighted by Crippen LogP contribution is -2.39. The van der Waals surface area contributed by atoms with Gasteiger partial charge in [-0.05, 0) is 39.3 Å². The van der Waals surface area contributed by atoms with Crippen LogP contribution in [0.4, 0.5) is 5.69 Å². The maximum atomic E-state index is 8.20. The van der Waals surface area contributed by atoms with Crippen molar-refractivity contribution in [2.24, 2.45) is 0 Å². The van der Waals surface area contributed by atoms with Crippen molar-refractivity contribution < 1.29 is 5.48 Å². The molecule has 16 heavy (non-hydrogen) atoms. The van der Waals surface area contributed by atoms with E-state index in [2.05, 4.69) is 0 Å². The Morgan fingerprint density at radius 3 is 2.81 bits per heavy atom. The van der Waals surface area contributed by atoms with Crippen LogP contribution in [0, 0.1) is 6.92 Å². The summed E-state index contributed by atoms with van der Waals surface area (Å²) in [5.41, 5.74) is 2.14. The van der Waals surface area contributed by atoms with Crippen LogP contribution in [0.1, 0.15) is 31.7 Å². The van der Waals surface area contributed by atoms with Crippen molar-refractivity contribution in [2.75, 3.05) is 4.90 Å². The number of aryl methyl sites for hydroxylation is 1. The Kier molecular flexibility index (Phi) is 1.84. The molecule has 2 nitrogen and oxygen atoms in total. The van der Waals surface area contributed by atoms with Crippen molar-refractivity contribution >= 4 is 5.69 Å². The fraction of sp³-hybridized carbons (Fsp3) is 0.429. The van der Waals surface area contributed by atoms with Crippen molar-refractivity contribution in [2.45, 2.75) is 39.8 Å². The van der Waals surface area contributed by atoms with Gasteiger partial charge < -0.3 is 9.80 Å². The van der Waals surface area contributed by atoms with Crippen LogP contribution >= 0.6 is 0 Å². The van der Waals surface area contributed by atoms with Crippen molar-refractivity contribution in [1.82, 2.24) is 4.90 Å². The van der Waals surface area contributed by atoms with Gasteiger partial charge in [0, 0.05) is 28.2 Å². The lowest BCUT2D eigenvalue weighted by molar-refractivity contribution is 0.263. The van der Waals surface area contributed by atoms with E-state index in [1.807, 2.05) is 49.2 Å². The van der Waals surface area contributed by atoms with E-state index in [0.717, 1.165) is 11.3 Å². The topological polar surface area (TPSA) is 6.48 Å². The van der Waals surface area contributed by atoms with Crippen LogP contribution in [0.5, 0.6) is 0 Å². The molecule has 2 atom stereocenters. The first-order valence-electron chi connectivity index (χ1n) is 7.47. The molecule has 2 rings (SSSR count). The zero-order chi connectivity index (χ0) is 15.1. The summed E-state index contributed by atoms with van der Waals surface area (Å²) in [6, 6.07) is 6.28. The molecule has 0 spiro atoms. The number of anilines is 1. The minimum absolute atomic E-state index is 0.209. The van der Waals surface area contributed by atoms with Gasteiger partial charge in [0.05, 0.1) is 1.37 Å². The van der Waals surface area contributed by atoms with Crippen LogP contribution in [0.25, 0.3) is 0 Å². The lowest BCUT2D eigenvalue weighted by Gasteiger charge is -2.33. The fourth-order valence-electron chi connectivity index (χ4n) is 2.05. The van der Waals surface area contributed by atoms with Gasteiger partial charge in [-0.15, -0.1) is 0 Å². The molecule has 0 fully saturated rings. The second-order valence-corrected chi connectivity index (χ2v) is 4.12. The molecule has 1 aliphatic rings. The van der Waals surface area contributed by atoms with Crippen molar-refractivity contribution in [1.29, 1.82) is 0 Å². The van der Waals surface area contributed by atoms with Gasteiger partial charge in [0.1, 0.15) is 6.17 Å². The summed E-state index contributed by atoms with van der Waals surface area (Å²) in [4.78, 5) is 3.57. The van der Waals surface area contributed by atoms with Gasteiger partial charge in [-0.25, -0.2) is 0 Å². The number of para-hydroxylation sites is 1. The van der Waals surface area contributed by atoms with Crippen molar-refractivity contribution in [3.05, 3.63) is 42.2 Å². The molecule has 0 bridgehead atoms. The maximum absolute atomic E-state index is 8.20. The van der Waals surface area contributed by atoms with Crippen molar-refractivity contribution in [3.63, 3.8) is 0 Å². The second kappa shape index (κ2) is 4.20. The van der Waals surface area contributed by atoms with E-state index in [-0.39, 0.29) is 6.17 Å². The summed E-state index contributed by atoms with van der Waals surface area (Å²) in [6.07, 6.45) is 3.32. The third-order valence-corrected chi connectivity index (χ3v) is 2.97. The van der Waals surface area contributed by atoms with Gasteiger partial charge in [0.15, 0.2) is 0 Å². The standard InChI is InChI=1S/C14H20N2/c1-11(2)15-9-10-16(13(15)4)14-8-6-5-7-12(14)3/h5-11,13H,1-4H3/t13-/m0/s1/i1D3,11D/t11?,13-. The summed E-state index contributed by atoms with van der Waals surface area (Å²) < 4.78 is 30.9. The average molecular weight is 220 g/mol. The van der Waals surface area contributed by atoms with Crippen LogP contribution in [-0.4, -0.2) is 17.1 Å². The Balaban J connectivity index is 2.30. The summed E-state index contributed by atoms with van der Waals surface area (Å²) in [5.74, 6) is 0. The third kappa shape index (κ3) is 1.80. The largest absolute Gasteiger partial charge is 0.353 e. The SMILES string of the molecule is [2H]C([2H])([2H])C([2H])(C)N1C=CN(c2ccccc2C)[C@H]1C. The molecule has 1 heterocycles. The predicted octanol–water partition coefficient (Wildman–Crippen LogP) is 3.34. The van der Waals surface area contributed by atoms with E-state index in [1.165, 1.54) is 6.92 Å². The van der Waals surface area contributed by atoms with E-state index >= 15 is 0 Å². The Bertz CT molecular complexity index is 522. The normalized spacial score (nSPS) is 28.1. The molecule has 1 aliphatic heterocycles. The number of benzene rings is 1. The monoisotopic (exact) mass is 220 g/mol. The summed E-state index contributed by atoms with van der Waals surface area (Å²) in [6.45, 7) is 2.99. The molecule has 0 aliphatic carbocycles. The van der Waals surface area contributed by atoms with E-state index in [1.54, 1.807) is 11.1 Å². The first-order valence-corrected chi connectivity index (χ1v) is 5.47. The minimum Gasteiger partial charge on any atom is -0.353 e. The summed E-state index contributed by atoms with van der Waals surface area (Å²) in [7, 11) is 0.